The number of halogens is 1. The van der Waals surface area contributed by atoms with Crippen LogP contribution in [0.1, 0.15) is 38.2 Å². The highest BCUT2D eigenvalue weighted by atomic mass is 79.9. The fraction of sp³-hybridized carbons (Fsp3) is 0.625. The van der Waals surface area contributed by atoms with E-state index >= 15 is 0 Å². The maximum Gasteiger partial charge on any atom is 0.0208 e. The molecule has 0 saturated heterocycles. The lowest BCUT2D eigenvalue weighted by Crippen LogP contribution is -2.35. The van der Waals surface area contributed by atoms with Crippen molar-refractivity contribution in [2.45, 2.75) is 45.2 Å². The first-order chi connectivity index (χ1) is 8.72. The molecule has 2 aliphatic carbocycles. The van der Waals surface area contributed by atoms with Crippen molar-refractivity contribution < 1.29 is 0 Å². The molecule has 0 aromatic heterocycles. The molecule has 2 aliphatic rings. The minimum atomic E-state index is 0.670. The summed E-state index contributed by atoms with van der Waals surface area (Å²) in [5, 5.41) is 3.73. The lowest BCUT2D eigenvalue weighted by atomic mass is 9.84. The monoisotopic (exact) mass is 307 g/mol. The highest BCUT2D eigenvalue weighted by Crippen LogP contribution is 2.49. The van der Waals surface area contributed by atoms with Crippen LogP contribution in [0.5, 0.6) is 0 Å². The number of fused-ring (bicyclic) bond motifs is 2. The van der Waals surface area contributed by atoms with Crippen LogP contribution < -0.4 is 5.32 Å². The van der Waals surface area contributed by atoms with Gasteiger partial charge in [-0.05, 0) is 61.6 Å². The summed E-state index contributed by atoms with van der Waals surface area (Å²) in [7, 11) is 0. The highest BCUT2D eigenvalue weighted by molar-refractivity contribution is 9.10. The summed E-state index contributed by atoms with van der Waals surface area (Å²) in [4.78, 5) is 0. The second kappa shape index (κ2) is 5.34. The van der Waals surface area contributed by atoms with Gasteiger partial charge in [0.25, 0.3) is 0 Å². The molecular formula is C16H22BrN. The van der Waals surface area contributed by atoms with Crippen molar-refractivity contribution in [1.29, 1.82) is 0 Å². The van der Waals surface area contributed by atoms with Crippen molar-refractivity contribution in [1.82, 2.24) is 5.32 Å². The zero-order valence-corrected chi connectivity index (χ0v) is 12.6. The van der Waals surface area contributed by atoms with Gasteiger partial charge in [0.1, 0.15) is 0 Å². The second-order valence-corrected chi connectivity index (χ2v) is 7.05. The summed E-state index contributed by atoms with van der Waals surface area (Å²) >= 11 is 3.48. The van der Waals surface area contributed by atoms with E-state index in [0.717, 1.165) is 28.8 Å². The molecule has 1 aromatic carbocycles. The quantitative estimate of drug-likeness (QED) is 0.871. The van der Waals surface area contributed by atoms with Gasteiger partial charge in [-0.3, -0.25) is 0 Å². The number of hydrogen-bond acceptors (Lipinski definition) is 1. The third kappa shape index (κ3) is 2.65. The maximum absolute atomic E-state index is 3.73. The molecule has 18 heavy (non-hydrogen) atoms. The number of benzene rings is 1. The molecule has 2 saturated carbocycles. The molecule has 1 N–H and O–H groups in total. The average Bonchev–Trinajstić information content (AvgIpc) is 3.00. The minimum Gasteiger partial charge on any atom is -0.310 e. The van der Waals surface area contributed by atoms with Gasteiger partial charge in [0.05, 0.1) is 0 Å². The van der Waals surface area contributed by atoms with Gasteiger partial charge in [0, 0.05) is 17.1 Å². The van der Waals surface area contributed by atoms with E-state index in [1.165, 1.54) is 31.2 Å². The molecule has 98 valence electrons. The van der Waals surface area contributed by atoms with Crippen LogP contribution in [0.3, 0.4) is 0 Å². The van der Waals surface area contributed by atoms with Gasteiger partial charge < -0.3 is 5.32 Å². The molecule has 0 heterocycles. The second-order valence-electron chi connectivity index (χ2n) is 6.13. The van der Waals surface area contributed by atoms with Crippen molar-refractivity contribution in [2.24, 2.45) is 17.8 Å². The Balaban J connectivity index is 1.52. The minimum absolute atomic E-state index is 0.670. The van der Waals surface area contributed by atoms with E-state index in [1.54, 1.807) is 0 Å². The summed E-state index contributed by atoms with van der Waals surface area (Å²) in [5.74, 6) is 3.00. The normalized spacial score (nSPS) is 31.8. The molecule has 0 spiro atoms. The topological polar surface area (TPSA) is 12.0 Å². The molecule has 0 amide bonds. The third-order valence-corrected chi connectivity index (χ3v) is 5.51. The Morgan fingerprint density at radius 1 is 1.22 bits per heavy atom. The predicted octanol–water partition coefficient (Wildman–Crippen LogP) is 4.36. The van der Waals surface area contributed by atoms with Crippen molar-refractivity contribution in [3.8, 4) is 0 Å². The Kier molecular flexibility index (Phi) is 3.76. The van der Waals surface area contributed by atoms with Gasteiger partial charge in [0.2, 0.25) is 0 Å². The predicted molar refractivity (Wildman–Crippen MR) is 79.4 cm³/mol. The number of rotatable bonds is 4. The van der Waals surface area contributed by atoms with Gasteiger partial charge in [-0.15, -0.1) is 0 Å². The zero-order chi connectivity index (χ0) is 12.5. The van der Waals surface area contributed by atoms with Crippen LogP contribution in [0.25, 0.3) is 0 Å². The van der Waals surface area contributed by atoms with E-state index in [0.29, 0.717) is 6.04 Å². The average molecular weight is 308 g/mol. The van der Waals surface area contributed by atoms with Crippen molar-refractivity contribution in [3.63, 3.8) is 0 Å². The Morgan fingerprint density at radius 2 is 2.00 bits per heavy atom. The first-order valence-electron chi connectivity index (χ1n) is 7.20. The molecule has 2 bridgehead atoms. The van der Waals surface area contributed by atoms with Crippen LogP contribution in [-0.4, -0.2) is 6.04 Å². The summed E-state index contributed by atoms with van der Waals surface area (Å²) < 4.78 is 1.16. The van der Waals surface area contributed by atoms with Gasteiger partial charge in [-0.1, -0.05) is 34.5 Å². The molecule has 0 aliphatic heterocycles. The zero-order valence-electron chi connectivity index (χ0n) is 11.0. The molecule has 0 unspecified atom stereocenters. The van der Waals surface area contributed by atoms with Crippen LogP contribution in [0, 0.1) is 17.8 Å². The van der Waals surface area contributed by atoms with Crippen LogP contribution in [0.15, 0.2) is 28.7 Å². The number of hydrogen-bond donors (Lipinski definition) is 1. The van der Waals surface area contributed by atoms with Gasteiger partial charge in [-0.2, -0.15) is 0 Å². The first kappa shape index (κ1) is 12.7. The lowest BCUT2D eigenvalue weighted by Gasteiger charge is -2.28. The van der Waals surface area contributed by atoms with Gasteiger partial charge >= 0.3 is 0 Å². The first-order valence-corrected chi connectivity index (χ1v) is 7.99. The van der Waals surface area contributed by atoms with Gasteiger partial charge in [0.15, 0.2) is 0 Å². The summed E-state index contributed by atoms with van der Waals surface area (Å²) in [5.41, 5.74) is 1.38. The molecule has 0 radical (unpaired) electrons. The van der Waals surface area contributed by atoms with E-state index < -0.39 is 0 Å². The number of nitrogens with one attached hydrogen (secondary N) is 1. The van der Waals surface area contributed by atoms with E-state index in [2.05, 4.69) is 52.4 Å². The van der Waals surface area contributed by atoms with Crippen molar-refractivity contribution in [2.75, 3.05) is 0 Å². The highest BCUT2D eigenvalue weighted by Gasteiger charge is 2.41. The van der Waals surface area contributed by atoms with Crippen molar-refractivity contribution >= 4 is 15.9 Å². The Labute approximate surface area is 118 Å². The van der Waals surface area contributed by atoms with E-state index in [-0.39, 0.29) is 0 Å². The SMILES string of the molecule is C[C@@H](NCc1ccc(Br)cc1)[C@@H]1C[C@@H]2CC[C@@H]1C2. The summed E-state index contributed by atoms with van der Waals surface area (Å²) in [6, 6.07) is 9.32. The standard InChI is InChI=1S/C16H22BrN/c1-11(16-9-13-2-5-14(16)8-13)18-10-12-3-6-15(17)7-4-12/h3-4,6-7,11,13-14,16,18H,2,5,8-10H2,1H3/t11-,13-,14-,16+/m1/s1. The largest absolute Gasteiger partial charge is 0.310 e. The molecule has 3 rings (SSSR count). The molecule has 1 aromatic rings. The fourth-order valence-electron chi connectivity index (χ4n) is 3.94. The Hall–Kier alpha value is -0.340. The van der Waals surface area contributed by atoms with Crippen LogP contribution >= 0.6 is 15.9 Å². The molecule has 2 fully saturated rings. The molecule has 2 heteroatoms. The molecule has 4 atom stereocenters. The third-order valence-electron chi connectivity index (χ3n) is 4.98. The fourth-order valence-corrected chi connectivity index (χ4v) is 4.20. The van der Waals surface area contributed by atoms with E-state index in [9.17, 15) is 0 Å². The van der Waals surface area contributed by atoms with E-state index in [1.807, 2.05) is 0 Å². The van der Waals surface area contributed by atoms with Crippen LogP contribution in [-0.2, 0) is 6.54 Å². The summed E-state index contributed by atoms with van der Waals surface area (Å²) in [6.07, 6.45) is 5.97. The Bertz CT molecular complexity index is 400. The Morgan fingerprint density at radius 3 is 2.61 bits per heavy atom. The van der Waals surface area contributed by atoms with E-state index in [4.69, 9.17) is 0 Å². The molecule has 1 nitrogen and oxygen atoms in total. The lowest BCUT2D eigenvalue weighted by molar-refractivity contribution is 0.259. The maximum atomic E-state index is 3.73. The smallest absolute Gasteiger partial charge is 0.0208 e. The molecular weight excluding hydrogens is 286 g/mol. The van der Waals surface area contributed by atoms with Crippen molar-refractivity contribution in [3.05, 3.63) is 34.3 Å². The van der Waals surface area contributed by atoms with Crippen LogP contribution in [0.2, 0.25) is 0 Å². The summed E-state index contributed by atoms with van der Waals surface area (Å²) in [6.45, 7) is 3.38. The van der Waals surface area contributed by atoms with Crippen LogP contribution in [0.4, 0.5) is 0 Å². The van der Waals surface area contributed by atoms with Gasteiger partial charge in [-0.25, -0.2) is 0 Å².